The molecule has 3 aromatic carbocycles. The molecule has 0 atom stereocenters. The van der Waals surface area contributed by atoms with Crippen LogP contribution in [0.1, 0.15) is 6.42 Å². The van der Waals surface area contributed by atoms with Crippen molar-refractivity contribution in [3.63, 3.8) is 0 Å². The average Bonchev–Trinajstić information content (AvgIpc) is 2.65. The summed E-state index contributed by atoms with van der Waals surface area (Å²) in [6.07, 6.45) is 0.744. The quantitative estimate of drug-likeness (QED) is 0.497. The van der Waals surface area contributed by atoms with Crippen LogP contribution in [0.3, 0.4) is 0 Å². The molecule has 0 saturated heterocycles. The zero-order chi connectivity index (χ0) is 17.5. The van der Waals surface area contributed by atoms with Gasteiger partial charge in [-0.2, -0.15) is 0 Å². The first-order chi connectivity index (χ1) is 12.2. The molecule has 0 amide bonds. The molecule has 0 bridgehead atoms. The van der Waals surface area contributed by atoms with Crippen LogP contribution in [0.25, 0.3) is 11.1 Å². The zero-order valence-corrected chi connectivity index (χ0v) is 14.0. The second kappa shape index (κ2) is 8.11. The molecule has 0 aliphatic rings. The minimum absolute atomic E-state index is 0.501. The Labute approximate surface area is 148 Å². The number of nitrogen functional groups attached to an aromatic ring is 2. The molecule has 0 fully saturated rings. The molecule has 0 aliphatic heterocycles. The van der Waals surface area contributed by atoms with E-state index >= 15 is 0 Å². The summed E-state index contributed by atoms with van der Waals surface area (Å²) in [6.45, 7) is 1.07. The van der Waals surface area contributed by atoms with Gasteiger partial charge in [0, 0.05) is 6.42 Å². The summed E-state index contributed by atoms with van der Waals surface area (Å²) in [5.41, 5.74) is 15.2. The van der Waals surface area contributed by atoms with Crippen LogP contribution in [0, 0.1) is 0 Å². The van der Waals surface area contributed by atoms with Gasteiger partial charge in [0.15, 0.2) is 5.75 Å². The van der Waals surface area contributed by atoms with Gasteiger partial charge in [-0.05, 0) is 35.4 Å². The van der Waals surface area contributed by atoms with E-state index in [0.29, 0.717) is 30.3 Å². The van der Waals surface area contributed by atoms with Gasteiger partial charge in [-0.15, -0.1) is 0 Å². The van der Waals surface area contributed by atoms with Crippen molar-refractivity contribution < 1.29 is 9.47 Å². The first-order valence-corrected chi connectivity index (χ1v) is 8.29. The van der Waals surface area contributed by atoms with Gasteiger partial charge in [-0.3, -0.25) is 0 Å². The summed E-state index contributed by atoms with van der Waals surface area (Å²) in [4.78, 5) is 0. The van der Waals surface area contributed by atoms with Crippen LogP contribution in [-0.2, 0) is 0 Å². The molecule has 0 radical (unpaired) electrons. The van der Waals surface area contributed by atoms with Crippen molar-refractivity contribution in [1.29, 1.82) is 0 Å². The maximum absolute atomic E-state index is 5.85. The van der Waals surface area contributed by atoms with Gasteiger partial charge in [0.25, 0.3) is 0 Å². The Morgan fingerprint density at radius 3 is 1.88 bits per heavy atom. The highest BCUT2D eigenvalue weighted by Crippen LogP contribution is 2.28. The van der Waals surface area contributed by atoms with Gasteiger partial charge in [0.05, 0.1) is 24.6 Å². The van der Waals surface area contributed by atoms with Crippen LogP contribution in [0.2, 0.25) is 0 Å². The van der Waals surface area contributed by atoms with Crippen LogP contribution >= 0.6 is 0 Å². The van der Waals surface area contributed by atoms with Gasteiger partial charge in [0.1, 0.15) is 5.75 Å². The van der Waals surface area contributed by atoms with Crippen molar-refractivity contribution in [2.75, 3.05) is 24.7 Å². The Bertz CT molecular complexity index is 782. The van der Waals surface area contributed by atoms with Crippen molar-refractivity contribution in [2.24, 2.45) is 0 Å². The fourth-order valence-electron chi connectivity index (χ4n) is 2.54. The molecule has 4 heteroatoms. The van der Waals surface area contributed by atoms with Gasteiger partial charge in [0.2, 0.25) is 0 Å². The molecular formula is C21H22N2O2. The second-order valence-corrected chi connectivity index (χ2v) is 5.71. The van der Waals surface area contributed by atoms with E-state index < -0.39 is 0 Å². The Kier molecular flexibility index (Phi) is 5.42. The number of benzene rings is 3. The predicted octanol–water partition coefficient (Wildman–Crippen LogP) is 4.37. The number of rotatable bonds is 7. The molecule has 0 aromatic heterocycles. The molecule has 4 nitrogen and oxygen atoms in total. The van der Waals surface area contributed by atoms with Crippen LogP contribution in [0.5, 0.6) is 11.5 Å². The Morgan fingerprint density at radius 1 is 0.600 bits per heavy atom. The summed E-state index contributed by atoms with van der Waals surface area (Å²) in [5, 5.41) is 0. The van der Waals surface area contributed by atoms with Crippen molar-refractivity contribution in [1.82, 2.24) is 0 Å². The van der Waals surface area contributed by atoms with Crippen molar-refractivity contribution in [3.05, 3.63) is 72.8 Å². The molecule has 128 valence electrons. The van der Waals surface area contributed by atoms with Gasteiger partial charge in [-0.25, -0.2) is 0 Å². The van der Waals surface area contributed by atoms with Gasteiger partial charge >= 0.3 is 0 Å². The fourth-order valence-corrected chi connectivity index (χ4v) is 2.54. The minimum atomic E-state index is 0.501. The fraction of sp³-hybridized carbons (Fsp3) is 0.143. The standard InChI is InChI=1S/C21H22N2O2/c22-19-8-4-9-20(23)21(19)25-15-5-14-24-18-12-10-17(11-13-18)16-6-2-1-3-7-16/h1-4,6-13H,5,14-15,22-23H2. The lowest BCUT2D eigenvalue weighted by Crippen LogP contribution is -2.07. The number of anilines is 2. The summed E-state index contributed by atoms with van der Waals surface area (Å²) in [5.74, 6) is 1.40. The highest BCUT2D eigenvalue weighted by atomic mass is 16.5. The Hall–Kier alpha value is -3.14. The summed E-state index contributed by atoms with van der Waals surface area (Å²) in [7, 11) is 0. The lowest BCUT2D eigenvalue weighted by molar-refractivity contribution is 0.249. The number of hydrogen-bond donors (Lipinski definition) is 2. The smallest absolute Gasteiger partial charge is 0.165 e. The zero-order valence-electron chi connectivity index (χ0n) is 14.0. The third-order valence-corrected chi connectivity index (χ3v) is 3.84. The third-order valence-electron chi connectivity index (χ3n) is 3.84. The number of hydrogen-bond acceptors (Lipinski definition) is 4. The van der Waals surface area contributed by atoms with E-state index in [4.69, 9.17) is 20.9 Å². The Balaban J connectivity index is 1.45. The molecule has 25 heavy (non-hydrogen) atoms. The molecule has 0 saturated carbocycles. The second-order valence-electron chi connectivity index (χ2n) is 5.71. The van der Waals surface area contributed by atoms with Crippen LogP contribution in [0.15, 0.2) is 72.8 Å². The largest absolute Gasteiger partial charge is 0.493 e. The molecule has 0 aliphatic carbocycles. The SMILES string of the molecule is Nc1cccc(N)c1OCCCOc1ccc(-c2ccccc2)cc1. The number of para-hydroxylation sites is 1. The predicted molar refractivity (Wildman–Crippen MR) is 103 cm³/mol. The molecular weight excluding hydrogens is 312 g/mol. The van der Waals surface area contributed by atoms with Crippen molar-refractivity contribution in [2.45, 2.75) is 6.42 Å². The first kappa shape index (κ1) is 16.7. The topological polar surface area (TPSA) is 70.5 Å². The first-order valence-electron chi connectivity index (χ1n) is 8.29. The number of nitrogens with two attached hydrogens (primary N) is 2. The van der Waals surface area contributed by atoms with Crippen LogP contribution in [-0.4, -0.2) is 13.2 Å². The lowest BCUT2D eigenvalue weighted by Gasteiger charge is -2.12. The highest BCUT2D eigenvalue weighted by molar-refractivity contribution is 5.67. The monoisotopic (exact) mass is 334 g/mol. The molecule has 0 unspecified atom stereocenters. The van der Waals surface area contributed by atoms with Gasteiger partial charge < -0.3 is 20.9 Å². The third kappa shape index (κ3) is 4.44. The number of ether oxygens (including phenoxy) is 2. The van der Waals surface area contributed by atoms with E-state index in [0.717, 1.165) is 12.2 Å². The molecule has 0 heterocycles. The van der Waals surface area contributed by atoms with E-state index in [9.17, 15) is 0 Å². The maximum Gasteiger partial charge on any atom is 0.165 e. The summed E-state index contributed by atoms with van der Waals surface area (Å²) >= 11 is 0. The molecule has 0 spiro atoms. The lowest BCUT2D eigenvalue weighted by atomic mass is 10.1. The van der Waals surface area contributed by atoms with Crippen molar-refractivity contribution >= 4 is 11.4 Å². The van der Waals surface area contributed by atoms with E-state index in [-0.39, 0.29) is 0 Å². The summed E-state index contributed by atoms with van der Waals surface area (Å²) in [6, 6.07) is 23.7. The van der Waals surface area contributed by atoms with Gasteiger partial charge in [-0.1, -0.05) is 48.5 Å². The van der Waals surface area contributed by atoms with E-state index in [1.807, 2.05) is 30.3 Å². The van der Waals surface area contributed by atoms with Crippen molar-refractivity contribution in [3.8, 4) is 22.6 Å². The highest BCUT2D eigenvalue weighted by Gasteiger charge is 2.04. The van der Waals surface area contributed by atoms with Crippen LogP contribution in [0.4, 0.5) is 11.4 Å². The van der Waals surface area contributed by atoms with E-state index in [2.05, 4.69) is 24.3 Å². The molecule has 4 N–H and O–H groups in total. The summed E-state index contributed by atoms with van der Waals surface area (Å²) < 4.78 is 11.4. The van der Waals surface area contributed by atoms with E-state index in [1.165, 1.54) is 11.1 Å². The normalized spacial score (nSPS) is 10.4. The Morgan fingerprint density at radius 2 is 1.20 bits per heavy atom. The minimum Gasteiger partial charge on any atom is -0.493 e. The average molecular weight is 334 g/mol. The molecule has 3 aromatic rings. The van der Waals surface area contributed by atoms with E-state index in [1.54, 1.807) is 18.2 Å². The maximum atomic E-state index is 5.85. The van der Waals surface area contributed by atoms with Crippen LogP contribution < -0.4 is 20.9 Å². The molecule has 3 rings (SSSR count).